The zero-order valence-electron chi connectivity index (χ0n) is 5.87. The van der Waals surface area contributed by atoms with E-state index in [1.165, 1.54) is 0 Å². The van der Waals surface area contributed by atoms with Gasteiger partial charge in [-0.3, -0.25) is 9.82 Å². The van der Waals surface area contributed by atoms with Gasteiger partial charge in [-0.1, -0.05) is 0 Å². The summed E-state index contributed by atoms with van der Waals surface area (Å²) >= 11 is 0. The smallest absolute Gasteiger partial charge is 0.0947 e. The lowest BCUT2D eigenvalue weighted by molar-refractivity contribution is 0.123. The number of pyridine rings is 1. The summed E-state index contributed by atoms with van der Waals surface area (Å²) in [4.78, 5) is 8.40. The van der Waals surface area contributed by atoms with Crippen LogP contribution in [0.15, 0.2) is 18.5 Å². The number of aryl methyl sites for hydroxylation is 1. The summed E-state index contributed by atoms with van der Waals surface area (Å²) < 4.78 is 0. The third kappa shape index (κ3) is 1.52. The highest BCUT2D eigenvalue weighted by atomic mass is 16.6. The summed E-state index contributed by atoms with van der Waals surface area (Å²) in [6, 6.07) is 1.92. The van der Waals surface area contributed by atoms with Crippen molar-refractivity contribution >= 4 is 0 Å². The largest absolute Gasteiger partial charge is 0.300 e. The maximum atomic E-state index is 4.90. The Labute approximate surface area is 59.8 Å². The molecule has 0 saturated carbocycles. The summed E-state index contributed by atoms with van der Waals surface area (Å²) in [6.07, 6.45) is 3.50. The predicted octanol–water partition coefficient (Wildman–Crippen LogP) is 0.780. The molecule has 1 aromatic rings. The molecule has 0 spiro atoms. The Bertz CT molecular complexity index is 213. The van der Waals surface area contributed by atoms with E-state index in [2.05, 4.69) is 9.82 Å². The minimum Gasteiger partial charge on any atom is -0.300 e. The Morgan fingerprint density at radius 2 is 2.50 bits per heavy atom. The molecule has 1 heterocycles. The highest BCUT2D eigenvalue weighted by Crippen LogP contribution is 2.04. The maximum Gasteiger partial charge on any atom is 0.0947 e. The number of hydrogen-bond acceptors (Lipinski definition) is 3. The van der Waals surface area contributed by atoms with E-state index in [9.17, 15) is 0 Å². The van der Waals surface area contributed by atoms with Gasteiger partial charge in [-0.15, -0.1) is 0 Å². The van der Waals surface area contributed by atoms with E-state index in [-0.39, 0.29) is 0 Å². The average molecular weight is 138 g/mol. The molecule has 3 nitrogen and oxygen atoms in total. The molecule has 0 aromatic carbocycles. The highest BCUT2D eigenvalue weighted by molar-refractivity contribution is 5.20. The van der Waals surface area contributed by atoms with E-state index >= 15 is 0 Å². The van der Waals surface area contributed by atoms with Gasteiger partial charge >= 0.3 is 0 Å². The van der Waals surface area contributed by atoms with Crippen LogP contribution < -0.4 is 5.90 Å². The Kier molecular flexibility index (Phi) is 2.36. The van der Waals surface area contributed by atoms with Gasteiger partial charge in [-0.2, -0.15) is 0 Å². The van der Waals surface area contributed by atoms with Crippen molar-refractivity contribution in [3.05, 3.63) is 29.6 Å². The standard InChI is InChI=1S/C7H10N2O/c1-6-2-3-9-4-7(6)5-10-8/h2-4H,5,8H2,1H3. The minimum absolute atomic E-state index is 0.430. The van der Waals surface area contributed by atoms with Crippen molar-refractivity contribution in [1.29, 1.82) is 0 Å². The van der Waals surface area contributed by atoms with Crippen LogP contribution in [0.1, 0.15) is 11.1 Å². The molecular weight excluding hydrogens is 128 g/mol. The van der Waals surface area contributed by atoms with E-state index in [0.29, 0.717) is 6.61 Å². The lowest BCUT2D eigenvalue weighted by atomic mass is 10.2. The third-order valence-electron chi connectivity index (χ3n) is 1.39. The van der Waals surface area contributed by atoms with Gasteiger partial charge < -0.3 is 0 Å². The van der Waals surface area contributed by atoms with Gasteiger partial charge in [-0.05, 0) is 18.6 Å². The third-order valence-corrected chi connectivity index (χ3v) is 1.39. The van der Waals surface area contributed by atoms with Gasteiger partial charge in [0.25, 0.3) is 0 Å². The predicted molar refractivity (Wildman–Crippen MR) is 38.0 cm³/mol. The van der Waals surface area contributed by atoms with Gasteiger partial charge in [0, 0.05) is 18.0 Å². The Balaban J connectivity index is 2.81. The molecule has 2 N–H and O–H groups in total. The molecule has 0 amide bonds. The summed E-state index contributed by atoms with van der Waals surface area (Å²) in [7, 11) is 0. The fourth-order valence-electron chi connectivity index (χ4n) is 0.738. The van der Waals surface area contributed by atoms with Crippen LogP contribution in [0.5, 0.6) is 0 Å². The van der Waals surface area contributed by atoms with E-state index in [1.54, 1.807) is 12.4 Å². The zero-order valence-corrected chi connectivity index (χ0v) is 5.87. The van der Waals surface area contributed by atoms with Crippen LogP contribution in [0.2, 0.25) is 0 Å². The average Bonchev–Trinajstić information content (AvgIpc) is 1.94. The number of hydrogen-bond donors (Lipinski definition) is 1. The van der Waals surface area contributed by atoms with Crippen LogP contribution in [0, 0.1) is 6.92 Å². The molecule has 0 aliphatic carbocycles. The molecule has 1 rings (SSSR count). The fraction of sp³-hybridized carbons (Fsp3) is 0.286. The fourth-order valence-corrected chi connectivity index (χ4v) is 0.738. The normalized spacial score (nSPS) is 9.80. The van der Waals surface area contributed by atoms with Crippen molar-refractivity contribution in [2.24, 2.45) is 5.90 Å². The van der Waals surface area contributed by atoms with Gasteiger partial charge in [0.2, 0.25) is 0 Å². The van der Waals surface area contributed by atoms with E-state index in [4.69, 9.17) is 5.90 Å². The first-order valence-corrected chi connectivity index (χ1v) is 3.06. The first kappa shape index (κ1) is 7.18. The Morgan fingerprint density at radius 1 is 1.70 bits per heavy atom. The zero-order chi connectivity index (χ0) is 7.40. The molecule has 0 saturated heterocycles. The maximum absolute atomic E-state index is 4.90. The first-order chi connectivity index (χ1) is 4.84. The second-order valence-corrected chi connectivity index (χ2v) is 2.11. The van der Waals surface area contributed by atoms with Crippen molar-refractivity contribution < 1.29 is 4.84 Å². The lowest BCUT2D eigenvalue weighted by Gasteiger charge is -2.00. The number of nitrogens with zero attached hydrogens (tertiary/aromatic N) is 1. The highest BCUT2D eigenvalue weighted by Gasteiger charge is 1.94. The van der Waals surface area contributed by atoms with Crippen LogP contribution in [0.4, 0.5) is 0 Å². The van der Waals surface area contributed by atoms with E-state index in [1.807, 2.05) is 13.0 Å². The van der Waals surface area contributed by atoms with Crippen molar-refractivity contribution in [2.75, 3.05) is 0 Å². The summed E-state index contributed by atoms with van der Waals surface area (Å²) in [5.41, 5.74) is 2.19. The molecule has 0 radical (unpaired) electrons. The Morgan fingerprint density at radius 3 is 3.10 bits per heavy atom. The number of aromatic nitrogens is 1. The SMILES string of the molecule is Cc1ccncc1CON. The molecule has 10 heavy (non-hydrogen) atoms. The second kappa shape index (κ2) is 3.29. The number of rotatable bonds is 2. The van der Waals surface area contributed by atoms with Crippen LogP contribution in [-0.2, 0) is 11.4 Å². The van der Waals surface area contributed by atoms with Crippen molar-refractivity contribution in [1.82, 2.24) is 4.98 Å². The minimum atomic E-state index is 0.430. The molecule has 0 atom stereocenters. The second-order valence-electron chi connectivity index (χ2n) is 2.11. The monoisotopic (exact) mass is 138 g/mol. The molecule has 0 bridgehead atoms. The van der Waals surface area contributed by atoms with Crippen molar-refractivity contribution in [3.63, 3.8) is 0 Å². The molecule has 3 heteroatoms. The van der Waals surface area contributed by atoms with E-state index < -0.39 is 0 Å². The summed E-state index contributed by atoms with van der Waals surface area (Å²) in [5.74, 6) is 4.90. The van der Waals surface area contributed by atoms with Crippen LogP contribution in [-0.4, -0.2) is 4.98 Å². The van der Waals surface area contributed by atoms with Crippen molar-refractivity contribution in [3.8, 4) is 0 Å². The molecule has 0 aliphatic heterocycles. The van der Waals surface area contributed by atoms with E-state index in [0.717, 1.165) is 11.1 Å². The molecular formula is C7H10N2O. The molecule has 0 fully saturated rings. The summed E-state index contributed by atoms with van der Waals surface area (Å²) in [6.45, 7) is 2.43. The first-order valence-electron chi connectivity index (χ1n) is 3.06. The quantitative estimate of drug-likeness (QED) is 0.614. The van der Waals surface area contributed by atoms with Crippen LogP contribution in [0.25, 0.3) is 0 Å². The molecule has 0 unspecified atom stereocenters. The van der Waals surface area contributed by atoms with Gasteiger partial charge in [0.15, 0.2) is 0 Å². The van der Waals surface area contributed by atoms with Gasteiger partial charge in [0.1, 0.15) is 0 Å². The molecule has 54 valence electrons. The summed E-state index contributed by atoms with van der Waals surface area (Å²) in [5, 5.41) is 0. The van der Waals surface area contributed by atoms with Crippen LogP contribution >= 0.6 is 0 Å². The Hall–Kier alpha value is -0.930. The van der Waals surface area contributed by atoms with Crippen LogP contribution in [0.3, 0.4) is 0 Å². The topological polar surface area (TPSA) is 48.1 Å². The molecule has 0 aliphatic rings. The number of nitrogens with two attached hydrogens (primary N) is 1. The van der Waals surface area contributed by atoms with Gasteiger partial charge in [-0.25, -0.2) is 5.90 Å². The lowest BCUT2D eigenvalue weighted by Crippen LogP contribution is -2.00. The van der Waals surface area contributed by atoms with Crippen molar-refractivity contribution in [2.45, 2.75) is 13.5 Å². The molecule has 1 aromatic heterocycles. The van der Waals surface area contributed by atoms with Gasteiger partial charge in [0.05, 0.1) is 6.61 Å².